The van der Waals surface area contributed by atoms with Gasteiger partial charge in [-0.05, 0) is 30.2 Å². The van der Waals surface area contributed by atoms with Crippen LogP contribution in [0, 0.1) is 11.2 Å². The Bertz CT molecular complexity index is 1030. The van der Waals surface area contributed by atoms with Gasteiger partial charge in [0.2, 0.25) is 5.95 Å². The summed E-state index contributed by atoms with van der Waals surface area (Å²) in [6.07, 6.45) is 3.82. The van der Waals surface area contributed by atoms with E-state index in [1.165, 1.54) is 24.5 Å². The molecule has 0 N–H and O–H groups in total. The quantitative estimate of drug-likeness (QED) is 0.697. The number of benzene rings is 1. The summed E-state index contributed by atoms with van der Waals surface area (Å²) in [4.78, 5) is 27.9. The van der Waals surface area contributed by atoms with Gasteiger partial charge in [0.05, 0.1) is 11.4 Å². The molecule has 0 amide bonds. The minimum Gasteiger partial charge on any atom is -0.341 e. The van der Waals surface area contributed by atoms with Crippen LogP contribution in [0.2, 0.25) is 0 Å². The second-order valence-corrected chi connectivity index (χ2v) is 7.92. The number of nitrogens with zero attached hydrogens (tertiary/aromatic N) is 5. The lowest BCUT2D eigenvalue weighted by Crippen LogP contribution is -2.48. The second kappa shape index (κ2) is 7.14. The van der Waals surface area contributed by atoms with E-state index in [0.717, 1.165) is 18.5 Å². The molecule has 0 unspecified atom stereocenters. The molecule has 0 bridgehead atoms. The summed E-state index contributed by atoms with van der Waals surface area (Å²) >= 11 is 0. The summed E-state index contributed by atoms with van der Waals surface area (Å²) in [5.74, 6) is 0.415. The maximum atomic E-state index is 13.2. The van der Waals surface area contributed by atoms with E-state index in [4.69, 9.17) is 4.98 Å². The highest BCUT2D eigenvalue weighted by Crippen LogP contribution is 2.30. The molecular weight excluding hydrogens is 357 g/mol. The summed E-state index contributed by atoms with van der Waals surface area (Å²) in [6, 6.07) is 9.81. The normalized spacial score (nSPS) is 15.3. The molecule has 6 nitrogen and oxygen atoms in total. The third-order valence-corrected chi connectivity index (χ3v) is 4.90. The number of aromatic nitrogens is 4. The zero-order valence-corrected chi connectivity index (χ0v) is 16.0. The molecule has 1 aliphatic rings. The van der Waals surface area contributed by atoms with Gasteiger partial charge in [0.1, 0.15) is 12.1 Å². The van der Waals surface area contributed by atoms with Gasteiger partial charge in [0.25, 0.3) is 5.56 Å². The maximum absolute atomic E-state index is 13.2. The van der Waals surface area contributed by atoms with Crippen LogP contribution >= 0.6 is 0 Å². The van der Waals surface area contributed by atoms with Gasteiger partial charge < -0.3 is 4.90 Å². The highest BCUT2D eigenvalue weighted by Gasteiger charge is 2.32. The molecule has 0 saturated carbocycles. The van der Waals surface area contributed by atoms with Gasteiger partial charge in [-0.1, -0.05) is 26.0 Å². The summed E-state index contributed by atoms with van der Waals surface area (Å²) in [5.41, 5.74) is 2.07. The maximum Gasteiger partial charge on any atom is 0.255 e. The van der Waals surface area contributed by atoms with Crippen LogP contribution in [0.1, 0.15) is 19.4 Å². The lowest BCUT2D eigenvalue weighted by atomic mass is 9.91. The molecule has 1 aliphatic heterocycles. The zero-order chi connectivity index (χ0) is 19.7. The largest absolute Gasteiger partial charge is 0.341 e. The van der Waals surface area contributed by atoms with Crippen LogP contribution in [-0.4, -0.2) is 32.6 Å². The predicted octanol–water partition coefficient (Wildman–Crippen LogP) is 2.93. The van der Waals surface area contributed by atoms with Gasteiger partial charge in [-0.3, -0.25) is 9.36 Å². The smallest absolute Gasteiger partial charge is 0.255 e. The summed E-state index contributed by atoms with van der Waals surface area (Å²) in [6.45, 7) is 6.38. The first-order chi connectivity index (χ1) is 13.4. The number of rotatable bonds is 4. The van der Waals surface area contributed by atoms with Crippen LogP contribution in [0.5, 0.6) is 0 Å². The van der Waals surface area contributed by atoms with Gasteiger partial charge in [0.15, 0.2) is 0 Å². The first-order valence-electron chi connectivity index (χ1n) is 9.29. The Hall–Kier alpha value is -3.09. The Balaban J connectivity index is 1.69. The third-order valence-electron chi connectivity index (χ3n) is 4.90. The van der Waals surface area contributed by atoms with E-state index in [1.54, 1.807) is 29.0 Å². The van der Waals surface area contributed by atoms with Crippen LogP contribution in [0.3, 0.4) is 0 Å². The van der Waals surface area contributed by atoms with E-state index < -0.39 is 0 Å². The van der Waals surface area contributed by atoms with Crippen LogP contribution in [0.15, 0.2) is 53.7 Å². The molecule has 28 heavy (non-hydrogen) atoms. The molecule has 4 rings (SSSR count). The topological polar surface area (TPSA) is 63.9 Å². The van der Waals surface area contributed by atoms with Crippen molar-refractivity contribution >= 4 is 5.95 Å². The van der Waals surface area contributed by atoms with Crippen molar-refractivity contribution in [1.29, 1.82) is 0 Å². The van der Waals surface area contributed by atoms with Crippen LogP contribution in [0.4, 0.5) is 10.3 Å². The van der Waals surface area contributed by atoms with Gasteiger partial charge >= 0.3 is 0 Å². The molecule has 3 aromatic rings. The Morgan fingerprint density at radius 1 is 1.11 bits per heavy atom. The fraction of sp³-hybridized carbons (Fsp3) is 0.333. The molecule has 7 heteroatoms. The molecule has 144 valence electrons. The first-order valence-corrected chi connectivity index (χ1v) is 9.29. The van der Waals surface area contributed by atoms with Crippen molar-refractivity contribution in [2.75, 3.05) is 18.0 Å². The predicted molar refractivity (Wildman–Crippen MR) is 106 cm³/mol. The van der Waals surface area contributed by atoms with Gasteiger partial charge in [-0.2, -0.15) is 0 Å². The monoisotopic (exact) mass is 379 g/mol. The van der Waals surface area contributed by atoms with Gasteiger partial charge in [-0.25, -0.2) is 19.3 Å². The minimum absolute atomic E-state index is 0.0578. The molecule has 0 atom stereocenters. The van der Waals surface area contributed by atoms with E-state index in [0.29, 0.717) is 30.4 Å². The van der Waals surface area contributed by atoms with Gasteiger partial charge in [-0.15, -0.1) is 0 Å². The van der Waals surface area contributed by atoms with Crippen molar-refractivity contribution in [3.8, 4) is 11.4 Å². The molecule has 0 radical (unpaired) electrons. The van der Waals surface area contributed by atoms with Crippen molar-refractivity contribution in [2.45, 2.75) is 26.8 Å². The first kappa shape index (κ1) is 18.3. The standard InChI is InChI=1S/C21H22FN5O/c1-21(2)12-26(10-8-15-3-5-16(22)6-4-15)20-25-18(11-19(28)27(20)13-21)17-7-9-23-14-24-17/h3-7,9,11,14H,8,10,12-13H2,1-2H3. The van der Waals surface area contributed by atoms with Crippen molar-refractivity contribution in [2.24, 2.45) is 5.41 Å². The lowest BCUT2D eigenvalue weighted by molar-refractivity contribution is 0.274. The van der Waals surface area contributed by atoms with Crippen LogP contribution in [0.25, 0.3) is 11.4 Å². The van der Waals surface area contributed by atoms with Crippen LogP contribution in [-0.2, 0) is 13.0 Å². The highest BCUT2D eigenvalue weighted by atomic mass is 19.1. The van der Waals surface area contributed by atoms with Crippen molar-refractivity contribution < 1.29 is 4.39 Å². The summed E-state index contributed by atoms with van der Waals surface area (Å²) in [5, 5.41) is 0. The van der Waals surface area contributed by atoms with Crippen molar-refractivity contribution in [3.05, 3.63) is 70.7 Å². The molecule has 3 heterocycles. The fourth-order valence-corrected chi connectivity index (χ4v) is 3.62. The van der Waals surface area contributed by atoms with E-state index >= 15 is 0 Å². The Kier molecular flexibility index (Phi) is 4.66. The fourth-order valence-electron chi connectivity index (χ4n) is 3.62. The molecule has 0 fully saturated rings. The molecule has 1 aromatic carbocycles. The minimum atomic E-state index is -0.240. The molecule has 0 aliphatic carbocycles. The van der Waals surface area contributed by atoms with E-state index in [-0.39, 0.29) is 16.8 Å². The third kappa shape index (κ3) is 3.78. The second-order valence-electron chi connectivity index (χ2n) is 7.92. The molecular formula is C21H22FN5O. The number of hydrogen-bond donors (Lipinski definition) is 0. The molecule has 0 saturated heterocycles. The number of hydrogen-bond acceptors (Lipinski definition) is 5. The summed E-state index contributed by atoms with van der Waals surface area (Å²) in [7, 11) is 0. The Labute approximate surface area is 162 Å². The zero-order valence-electron chi connectivity index (χ0n) is 16.0. The van der Waals surface area contributed by atoms with E-state index in [1.807, 2.05) is 0 Å². The number of halogens is 1. The van der Waals surface area contributed by atoms with E-state index in [9.17, 15) is 9.18 Å². The lowest BCUT2D eigenvalue weighted by Gasteiger charge is -2.40. The van der Waals surface area contributed by atoms with E-state index in [2.05, 4.69) is 28.7 Å². The Morgan fingerprint density at radius 2 is 1.89 bits per heavy atom. The average molecular weight is 379 g/mol. The highest BCUT2D eigenvalue weighted by molar-refractivity contribution is 5.55. The average Bonchev–Trinajstić information content (AvgIpc) is 2.68. The van der Waals surface area contributed by atoms with Crippen molar-refractivity contribution in [3.63, 3.8) is 0 Å². The number of anilines is 1. The van der Waals surface area contributed by atoms with Crippen LogP contribution < -0.4 is 10.5 Å². The summed E-state index contributed by atoms with van der Waals surface area (Å²) < 4.78 is 14.9. The number of fused-ring (bicyclic) bond motifs is 1. The Morgan fingerprint density at radius 3 is 2.61 bits per heavy atom. The molecule has 2 aromatic heterocycles. The van der Waals surface area contributed by atoms with Gasteiger partial charge in [0, 0.05) is 37.3 Å². The molecule has 0 spiro atoms. The van der Waals surface area contributed by atoms with Crippen molar-refractivity contribution in [1.82, 2.24) is 19.5 Å². The SMILES string of the molecule is CC1(C)CN(CCc2ccc(F)cc2)c2nc(-c3ccncn3)cc(=O)n2C1.